The monoisotopic (exact) mass is 248 g/mol. The summed E-state index contributed by atoms with van der Waals surface area (Å²) in [6.07, 6.45) is 3.16. The van der Waals surface area contributed by atoms with Gasteiger partial charge < -0.3 is 5.73 Å². The van der Waals surface area contributed by atoms with Crippen LogP contribution >= 0.6 is 15.9 Å². The second-order valence-electron chi connectivity index (χ2n) is 2.69. The van der Waals surface area contributed by atoms with Gasteiger partial charge in [0.1, 0.15) is 11.6 Å². The molecule has 0 spiro atoms. The topological polar surface area (TPSA) is 75.6 Å². The van der Waals surface area contributed by atoms with Gasteiger partial charge in [-0.3, -0.25) is 9.97 Å². The van der Waals surface area contributed by atoms with E-state index in [1.54, 1.807) is 18.5 Å². The van der Waals surface area contributed by atoms with Crippen LogP contribution in [0.1, 0.15) is 5.56 Å². The molecule has 68 valence electrons. The van der Waals surface area contributed by atoms with Gasteiger partial charge in [0, 0.05) is 12.4 Å². The number of aromatic nitrogens is 2. The lowest BCUT2D eigenvalue weighted by Gasteiger charge is -2.03. The van der Waals surface area contributed by atoms with Crippen LogP contribution in [0.3, 0.4) is 0 Å². The van der Waals surface area contributed by atoms with Crippen LogP contribution in [0, 0.1) is 11.3 Å². The third kappa shape index (κ3) is 1.20. The zero-order chi connectivity index (χ0) is 10.1. The summed E-state index contributed by atoms with van der Waals surface area (Å²) in [5.41, 5.74) is 7.86. The minimum atomic E-state index is 0.403. The van der Waals surface area contributed by atoms with Gasteiger partial charge in [-0.2, -0.15) is 5.26 Å². The van der Waals surface area contributed by atoms with Crippen molar-refractivity contribution >= 4 is 32.7 Å². The van der Waals surface area contributed by atoms with E-state index in [2.05, 4.69) is 25.9 Å². The Bertz CT molecular complexity index is 544. The van der Waals surface area contributed by atoms with Gasteiger partial charge in [0.2, 0.25) is 0 Å². The highest BCUT2D eigenvalue weighted by molar-refractivity contribution is 9.10. The zero-order valence-corrected chi connectivity index (χ0v) is 8.62. The number of benzene rings is 1. The highest BCUT2D eigenvalue weighted by atomic mass is 79.9. The van der Waals surface area contributed by atoms with Crippen LogP contribution in [0.5, 0.6) is 0 Å². The molecule has 0 atom stereocenters. The molecule has 5 heteroatoms. The smallest absolute Gasteiger partial charge is 0.105 e. The van der Waals surface area contributed by atoms with Gasteiger partial charge in [-0.25, -0.2) is 0 Å². The molecule has 1 aromatic heterocycles. The molecule has 2 rings (SSSR count). The quantitative estimate of drug-likeness (QED) is 0.723. The van der Waals surface area contributed by atoms with E-state index in [9.17, 15) is 0 Å². The predicted molar refractivity (Wildman–Crippen MR) is 56.4 cm³/mol. The predicted octanol–water partition coefficient (Wildman–Crippen LogP) is 1.85. The number of hydrogen-bond donors (Lipinski definition) is 1. The molecule has 0 aliphatic carbocycles. The van der Waals surface area contributed by atoms with Crippen LogP contribution in [-0.4, -0.2) is 9.97 Å². The molecule has 1 heterocycles. The molecule has 0 unspecified atom stereocenters. The van der Waals surface area contributed by atoms with E-state index in [4.69, 9.17) is 11.0 Å². The second-order valence-corrected chi connectivity index (χ2v) is 3.48. The summed E-state index contributed by atoms with van der Waals surface area (Å²) < 4.78 is 0.625. The van der Waals surface area contributed by atoms with Crippen molar-refractivity contribution < 1.29 is 0 Å². The number of fused-ring (bicyclic) bond motifs is 1. The van der Waals surface area contributed by atoms with E-state index < -0.39 is 0 Å². The highest BCUT2D eigenvalue weighted by Crippen LogP contribution is 2.29. The van der Waals surface area contributed by atoms with E-state index in [-0.39, 0.29) is 0 Å². The van der Waals surface area contributed by atoms with Crippen molar-refractivity contribution in [2.24, 2.45) is 0 Å². The van der Waals surface area contributed by atoms with Crippen molar-refractivity contribution in [2.45, 2.75) is 0 Å². The zero-order valence-electron chi connectivity index (χ0n) is 7.03. The standard InChI is InChI=1S/C9H5BrN4/c10-7-8(12)5(4-11)3-6-9(7)14-2-1-13-6/h1-3H,12H2. The van der Waals surface area contributed by atoms with Crippen molar-refractivity contribution in [3.05, 3.63) is 28.5 Å². The minimum Gasteiger partial charge on any atom is -0.397 e. The molecule has 2 N–H and O–H groups in total. The summed E-state index contributed by atoms with van der Waals surface area (Å²) >= 11 is 3.29. The maximum absolute atomic E-state index is 8.80. The molecule has 0 saturated carbocycles. The van der Waals surface area contributed by atoms with Gasteiger partial charge in [0.15, 0.2) is 0 Å². The lowest BCUT2D eigenvalue weighted by Crippen LogP contribution is -1.95. The molecule has 4 nitrogen and oxygen atoms in total. The minimum absolute atomic E-state index is 0.403. The Labute approximate surface area is 88.5 Å². The van der Waals surface area contributed by atoms with Gasteiger partial charge in [-0.15, -0.1) is 0 Å². The number of anilines is 1. The van der Waals surface area contributed by atoms with Gasteiger partial charge in [-0.1, -0.05) is 0 Å². The first-order valence-electron chi connectivity index (χ1n) is 3.83. The van der Waals surface area contributed by atoms with Crippen LogP contribution in [0.4, 0.5) is 5.69 Å². The lowest BCUT2D eigenvalue weighted by atomic mass is 10.1. The Hall–Kier alpha value is -1.67. The van der Waals surface area contributed by atoms with Gasteiger partial charge in [-0.05, 0) is 22.0 Å². The van der Waals surface area contributed by atoms with Crippen molar-refractivity contribution in [3.8, 4) is 6.07 Å². The molecule has 0 aliphatic rings. The third-order valence-corrected chi connectivity index (χ3v) is 2.67. The molecular weight excluding hydrogens is 244 g/mol. The van der Waals surface area contributed by atoms with Crippen LogP contribution in [-0.2, 0) is 0 Å². The van der Waals surface area contributed by atoms with E-state index in [1.807, 2.05) is 6.07 Å². The molecule has 14 heavy (non-hydrogen) atoms. The van der Waals surface area contributed by atoms with Crippen LogP contribution in [0.15, 0.2) is 22.9 Å². The first-order valence-corrected chi connectivity index (χ1v) is 4.62. The molecule has 0 radical (unpaired) electrons. The summed E-state index contributed by atoms with van der Waals surface area (Å²) in [6, 6.07) is 3.63. The Kier molecular flexibility index (Phi) is 2.06. The summed E-state index contributed by atoms with van der Waals surface area (Å²) in [5, 5.41) is 8.80. The third-order valence-electron chi connectivity index (χ3n) is 1.86. The summed E-state index contributed by atoms with van der Waals surface area (Å²) in [7, 11) is 0. The van der Waals surface area contributed by atoms with Crippen molar-refractivity contribution in [1.29, 1.82) is 5.26 Å². The number of nitrogen functional groups attached to an aromatic ring is 1. The fourth-order valence-electron chi connectivity index (χ4n) is 1.18. The molecule has 0 saturated heterocycles. The highest BCUT2D eigenvalue weighted by Gasteiger charge is 2.09. The fourth-order valence-corrected chi connectivity index (χ4v) is 1.70. The number of nitriles is 1. The molecule has 0 fully saturated rings. The number of halogens is 1. The number of nitrogens with zero attached hydrogens (tertiary/aromatic N) is 3. The Balaban J connectivity index is 2.94. The van der Waals surface area contributed by atoms with Crippen molar-refractivity contribution in [3.63, 3.8) is 0 Å². The number of nitrogens with two attached hydrogens (primary N) is 1. The molecule has 2 aromatic rings. The van der Waals surface area contributed by atoms with E-state index in [1.165, 1.54) is 0 Å². The SMILES string of the molecule is N#Cc1cc2nccnc2c(Br)c1N. The Morgan fingerprint density at radius 3 is 2.79 bits per heavy atom. The molecular formula is C9H5BrN4. The first-order chi connectivity index (χ1) is 6.74. The fraction of sp³-hybridized carbons (Fsp3) is 0. The van der Waals surface area contributed by atoms with Crippen molar-refractivity contribution in [1.82, 2.24) is 9.97 Å². The Morgan fingerprint density at radius 1 is 1.36 bits per heavy atom. The number of hydrogen-bond acceptors (Lipinski definition) is 4. The lowest BCUT2D eigenvalue weighted by molar-refractivity contribution is 1.28. The van der Waals surface area contributed by atoms with E-state index in [0.717, 1.165) is 0 Å². The average Bonchev–Trinajstić information content (AvgIpc) is 2.23. The normalized spacial score (nSPS) is 10.0. The summed E-state index contributed by atoms with van der Waals surface area (Å²) in [4.78, 5) is 8.21. The average molecular weight is 249 g/mol. The van der Waals surface area contributed by atoms with Crippen LogP contribution in [0.2, 0.25) is 0 Å². The maximum atomic E-state index is 8.80. The van der Waals surface area contributed by atoms with Gasteiger partial charge >= 0.3 is 0 Å². The van der Waals surface area contributed by atoms with Crippen LogP contribution in [0.25, 0.3) is 11.0 Å². The van der Waals surface area contributed by atoms with Gasteiger partial charge in [0.25, 0.3) is 0 Å². The largest absolute Gasteiger partial charge is 0.397 e. The van der Waals surface area contributed by atoms with Crippen molar-refractivity contribution in [2.75, 3.05) is 5.73 Å². The van der Waals surface area contributed by atoms with Crippen LogP contribution < -0.4 is 5.73 Å². The molecule has 0 amide bonds. The molecule has 1 aromatic carbocycles. The van der Waals surface area contributed by atoms with E-state index >= 15 is 0 Å². The van der Waals surface area contributed by atoms with E-state index in [0.29, 0.717) is 26.8 Å². The summed E-state index contributed by atoms with van der Waals surface area (Å²) in [5.74, 6) is 0. The second kappa shape index (κ2) is 3.24. The Morgan fingerprint density at radius 2 is 2.07 bits per heavy atom. The summed E-state index contributed by atoms with van der Waals surface area (Å²) in [6.45, 7) is 0. The number of rotatable bonds is 0. The first kappa shape index (κ1) is 8.91. The molecule has 0 aliphatic heterocycles. The molecule has 0 bridgehead atoms. The van der Waals surface area contributed by atoms with Gasteiger partial charge in [0.05, 0.1) is 21.2 Å². The maximum Gasteiger partial charge on any atom is 0.105 e.